The molecule has 0 bridgehead atoms. The molecule has 0 spiro atoms. The fourth-order valence-corrected chi connectivity index (χ4v) is 2.09. The zero-order valence-corrected chi connectivity index (χ0v) is 12.5. The molecule has 0 saturated heterocycles. The molecule has 2 rings (SSSR count). The smallest absolute Gasteiger partial charge is 0.105 e. The van der Waals surface area contributed by atoms with Crippen molar-refractivity contribution in [3.05, 3.63) is 71.9 Å². The molecule has 2 nitrogen and oxygen atoms in total. The molecular weight excluding hydrogens is 264 g/mol. The van der Waals surface area contributed by atoms with E-state index in [1.54, 1.807) is 0 Å². The largest absolute Gasteiger partial charge is 0.359 e. The fourth-order valence-electron chi connectivity index (χ4n) is 1.80. The Bertz CT molecular complexity index is 601. The van der Waals surface area contributed by atoms with Crippen LogP contribution < -0.4 is 10.6 Å². The van der Waals surface area contributed by atoms with Gasteiger partial charge in [0.25, 0.3) is 0 Å². The van der Waals surface area contributed by atoms with Crippen LogP contribution in [0, 0.1) is 6.92 Å². The van der Waals surface area contributed by atoms with Crippen LogP contribution in [0.5, 0.6) is 0 Å². The number of benzene rings is 2. The van der Waals surface area contributed by atoms with Crippen molar-refractivity contribution < 1.29 is 0 Å². The Hall–Kier alpha value is -2.13. The molecular formula is C17H18N2S. The van der Waals surface area contributed by atoms with E-state index < -0.39 is 0 Å². The number of para-hydroxylation sites is 1. The summed E-state index contributed by atoms with van der Waals surface area (Å²) in [7, 11) is 0. The molecule has 0 amide bonds. The highest BCUT2D eigenvalue weighted by Crippen LogP contribution is 2.11. The van der Waals surface area contributed by atoms with Gasteiger partial charge in [0.2, 0.25) is 0 Å². The average molecular weight is 282 g/mol. The lowest BCUT2D eigenvalue weighted by atomic mass is 10.2. The van der Waals surface area contributed by atoms with Gasteiger partial charge < -0.3 is 10.6 Å². The molecule has 0 aliphatic rings. The van der Waals surface area contributed by atoms with E-state index in [4.69, 9.17) is 12.2 Å². The zero-order chi connectivity index (χ0) is 14.4. The summed E-state index contributed by atoms with van der Waals surface area (Å²) in [5.41, 5.74) is 4.29. The van der Waals surface area contributed by atoms with Gasteiger partial charge in [-0.2, -0.15) is 0 Å². The van der Waals surface area contributed by atoms with Gasteiger partial charge >= 0.3 is 0 Å². The minimum Gasteiger partial charge on any atom is -0.359 e. The number of rotatable bonds is 4. The summed E-state index contributed by atoms with van der Waals surface area (Å²) in [5, 5.41) is 6.50. The lowest BCUT2D eigenvalue weighted by Crippen LogP contribution is -2.08. The van der Waals surface area contributed by atoms with Crippen molar-refractivity contribution in [1.29, 1.82) is 0 Å². The Balaban J connectivity index is 1.95. The molecule has 2 aromatic rings. The Kier molecular flexibility index (Phi) is 4.91. The monoisotopic (exact) mass is 282 g/mol. The average Bonchev–Trinajstić information content (AvgIpc) is 2.42. The second-order valence-electron chi connectivity index (χ2n) is 4.67. The third-order valence-electron chi connectivity index (χ3n) is 2.78. The molecule has 102 valence electrons. The molecule has 0 aromatic heterocycles. The van der Waals surface area contributed by atoms with Crippen molar-refractivity contribution in [2.75, 3.05) is 10.6 Å². The van der Waals surface area contributed by atoms with Crippen molar-refractivity contribution in [2.45, 2.75) is 13.8 Å². The Morgan fingerprint density at radius 3 is 2.15 bits per heavy atom. The molecule has 3 heteroatoms. The Labute approximate surface area is 125 Å². The number of hydrogen-bond donors (Lipinski definition) is 2. The van der Waals surface area contributed by atoms with Gasteiger partial charge in [-0.15, -0.1) is 0 Å². The Morgan fingerprint density at radius 1 is 0.900 bits per heavy atom. The first-order chi connectivity index (χ1) is 9.63. The number of thiocarbonyl (C=S) groups is 1. The lowest BCUT2D eigenvalue weighted by Gasteiger charge is -2.08. The second kappa shape index (κ2) is 6.87. The van der Waals surface area contributed by atoms with Gasteiger partial charge in [0, 0.05) is 17.1 Å². The van der Waals surface area contributed by atoms with Gasteiger partial charge in [-0.1, -0.05) is 48.1 Å². The van der Waals surface area contributed by atoms with Crippen molar-refractivity contribution >= 4 is 28.6 Å². The molecule has 0 atom stereocenters. The van der Waals surface area contributed by atoms with E-state index in [1.807, 2.05) is 55.5 Å². The summed E-state index contributed by atoms with van der Waals surface area (Å²) < 4.78 is 0. The molecule has 0 radical (unpaired) electrons. The van der Waals surface area contributed by atoms with Crippen LogP contribution in [0.1, 0.15) is 12.5 Å². The molecule has 20 heavy (non-hydrogen) atoms. The first kappa shape index (κ1) is 14.3. The molecule has 2 aromatic carbocycles. The molecule has 0 fully saturated rings. The van der Waals surface area contributed by atoms with Gasteiger partial charge in [0.15, 0.2) is 0 Å². The lowest BCUT2D eigenvalue weighted by molar-refractivity contribution is 1.38. The van der Waals surface area contributed by atoms with E-state index in [2.05, 4.69) is 29.7 Å². The maximum absolute atomic E-state index is 5.33. The summed E-state index contributed by atoms with van der Waals surface area (Å²) in [6, 6.07) is 18.2. The molecule has 2 N–H and O–H groups in total. The second-order valence-corrected chi connectivity index (χ2v) is 5.11. The van der Waals surface area contributed by atoms with Gasteiger partial charge in [0.1, 0.15) is 4.99 Å². The normalized spacial score (nSPS) is 11.0. The van der Waals surface area contributed by atoms with Gasteiger partial charge in [0.05, 0.1) is 0 Å². The summed E-state index contributed by atoms with van der Waals surface area (Å²) in [6.45, 7) is 4.06. The number of aryl methyl sites for hydroxylation is 1. The minimum atomic E-state index is 0.690. The van der Waals surface area contributed by atoms with Crippen LogP contribution in [0.2, 0.25) is 0 Å². The van der Waals surface area contributed by atoms with Crippen LogP contribution in [-0.2, 0) is 0 Å². The number of hydrogen-bond acceptors (Lipinski definition) is 2. The van der Waals surface area contributed by atoms with Crippen LogP contribution in [0.4, 0.5) is 11.4 Å². The number of nitrogens with one attached hydrogen (secondary N) is 2. The topological polar surface area (TPSA) is 24.1 Å². The highest BCUT2D eigenvalue weighted by Gasteiger charge is 1.97. The molecule has 0 unspecified atom stereocenters. The third kappa shape index (κ3) is 4.52. The maximum atomic E-state index is 5.33. The molecule has 0 heterocycles. The standard InChI is InChI=1S/C17H18N2S/c1-13-8-10-16(11-9-13)19-17(20)12-14(2)18-15-6-4-3-5-7-15/h3-12,18H,1-2H3,(H,19,20). The van der Waals surface area contributed by atoms with Crippen LogP contribution in [-0.4, -0.2) is 4.99 Å². The third-order valence-corrected chi connectivity index (χ3v) is 3.00. The van der Waals surface area contributed by atoms with Crippen LogP contribution in [0.25, 0.3) is 0 Å². The van der Waals surface area contributed by atoms with E-state index in [1.165, 1.54) is 5.56 Å². The van der Waals surface area contributed by atoms with Crippen LogP contribution >= 0.6 is 12.2 Å². The van der Waals surface area contributed by atoms with Gasteiger partial charge in [-0.05, 0) is 44.2 Å². The minimum absolute atomic E-state index is 0.690. The fraction of sp³-hybridized carbons (Fsp3) is 0.118. The number of allylic oxidation sites excluding steroid dienone is 1. The first-order valence-electron chi connectivity index (χ1n) is 6.51. The van der Waals surface area contributed by atoms with E-state index in [9.17, 15) is 0 Å². The van der Waals surface area contributed by atoms with Gasteiger partial charge in [-0.3, -0.25) is 0 Å². The predicted octanol–water partition coefficient (Wildman–Crippen LogP) is 4.75. The van der Waals surface area contributed by atoms with Crippen LogP contribution in [0.3, 0.4) is 0 Å². The summed E-state index contributed by atoms with van der Waals surface area (Å²) >= 11 is 5.33. The van der Waals surface area contributed by atoms with E-state index >= 15 is 0 Å². The Morgan fingerprint density at radius 2 is 1.50 bits per heavy atom. The van der Waals surface area contributed by atoms with E-state index in [-0.39, 0.29) is 0 Å². The summed E-state index contributed by atoms with van der Waals surface area (Å²) in [4.78, 5) is 0.690. The van der Waals surface area contributed by atoms with Crippen molar-refractivity contribution in [2.24, 2.45) is 0 Å². The van der Waals surface area contributed by atoms with Crippen molar-refractivity contribution in [3.8, 4) is 0 Å². The van der Waals surface area contributed by atoms with Crippen LogP contribution in [0.15, 0.2) is 66.4 Å². The highest BCUT2D eigenvalue weighted by atomic mass is 32.1. The van der Waals surface area contributed by atoms with E-state index in [0.717, 1.165) is 17.1 Å². The molecule has 0 saturated carbocycles. The maximum Gasteiger partial charge on any atom is 0.105 e. The van der Waals surface area contributed by atoms with Gasteiger partial charge in [-0.25, -0.2) is 0 Å². The highest BCUT2D eigenvalue weighted by molar-refractivity contribution is 7.81. The molecule has 0 aliphatic heterocycles. The van der Waals surface area contributed by atoms with Crippen molar-refractivity contribution in [1.82, 2.24) is 0 Å². The first-order valence-corrected chi connectivity index (χ1v) is 6.92. The molecule has 0 aliphatic carbocycles. The zero-order valence-electron chi connectivity index (χ0n) is 11.7. The SMILES string of the molecule is CC(=CC(=S)Nc1ccc(C)cc1)Nc1ccccc1. The summed E-state index contributed by atoms with van der Waals surface area (Å²) in [5.74, 6) is 0. The predicted molar refractivity (Wildman–Crippen MR) is 91.2 cm³/mol. The van der Waals surface area contributed by atoms with Crippen molar-refractivity contribution in [3.63, 3.8) is 0 Å². The van der Waals surface area contributed by atoms with E-state index in [0.29, 0.717) is 4.99 Å². The summed E-state index contributed by atoms with van der Waals surface area (Å²) in [6.07, 6.45) is 1.92. The quantitative estimate of drug-likeness (QED) is 0.625. The number of anilines is 2.